The van der Waals surface area contributed by atoms with Crippen LogP contribution in [0.2, 0.25) is 0 Å². The second-order valence-corrected chi connectivity index (χ2v) is 4.10. The molecule has 1 aliphatic heterocycles. The molecule has 7 heteroatoms. The number of hydrogen-bond donors (Lipinski definition) is 3. The molecule has 0 aliphatic carbocycles. The van der Waals surface area contributed by atoms with E-state index in [4.69, 9.17) is 15.2 Å². The Morgan fingerprint density at radius 3 is 3.16 bits per heavy atom. The Bertz CT molecular complexity index is 504. The molecule has 1 atom stereocenters. The lowest BCUT2D eigenvalue weighted by Gasteiger charge is -2.19. The van der Waals surface area contributed by atoms with Gasteiger partial charge in [0.25, 0.3) is 5.91 Å². The van der Waals surface area contributed by atoms with Crippen molar-refractivity contribution in [3.63, 3.8) is 0 Å². The number of rotatable bonds is 4. The molecule has 0 bridgehead atoms. The summed E-state index contributed by atoms with van der Waals surface area (Å²) in [6, 6.07) is 4.22. The first-order valence-electron chi connectivity index (χ1n) is 5.72. The van der Waals surface area contributed by atoms with Crippen LogP contribution in [0.3, 0.4) is 0 Å². The lowest BCUT2D eigenvalue weighted by atomic mass is 10.2. The van der Waals surface area contributed by atoms with Crippen molar-refractivity contribution in [2.24, 2.45) is 5.73 Å². The molecule has 1 aliphatic rings. The molecule has 2 amide bonds. The molecule has 19 heavy (non-hydrogen) atoms. The van der Waals surface area contributed by atoms with E-state index in [-0.39, 0.29) is 25.0 Å². The summed E-state index contributed by atoms with van der Waals surface area (Å²) in [5.74, 6) is -0.0179. The fraction of sp³-hybridized carbons (Fsp3) is 0.333. The first kappa shape index (κ1) is 13.3. The van der Waals surface area contributed by atoms with Crippen molar-refractivity contribution >= 4 is 23.2 Å². The average molecular weight is 265 g/mol. The minimum Gasteiger partial charge on any atom is -0.482 e. The molecule has 1 aromatic rings. The smallest absolute Gasteiger partial charge is 0.262 e. The molecule has 0 saturated carbocycles. The van der Waals surface area contributed by atoms with Crippen molar-refractivity contribution in [2.75, 3.05) is 31.0 Å². The van der Waals surface area contributed by atoms with Crippen LogP contribution in [0, 0.1) is 0 Å². The number of hydrogen-bond acceptors (Lipinski definition) is 5. The maximum absolute atomic E-state index is 11.7. The van der Waals surface area contributed by atoms with Crippen LogP contribution in [0.15, 0.2) is 18.2 Å². The summed E-state index contributed by atoms with van der Waals surface area (Å²) in [6.45, 7) is 0.133. The zero-order valence-corrected chi connectivity index (χ0v) is 10.4. The standard InChI is InChI=1S/C12H15N3O4/c1-18-5-8(13)12(17)14-7-2-3-10-9(4-7)15-11(16)6-19-10/h2-4,8H,5-6,13H2,1H3,(H,14,17)(H,15,16). The molecule has 1 heterocycles. The molecular weight excluding hydrogens is 250 g/mol. The van der Waals surface area contributed by atoms with Gasteiger partial charge in [0.2, 0.25) is 5.91 Å². The monoisotopic (exact) mass is 265 g/mol. The van der Waals surface area contributed by atoms with E-state index in [1.807, 2.05) is 0 Å². The lowest BCUT2D eigenvalue weighted by Crippen LogP contribution is -2.39. The highest BCUT2D eigenvalue weighted by Gasteiger charge is 2.18. The average Bonchev–Trinajstić information content (AvgIpc) is 2.38. The highest BCUT2D eigenvalue weighted by molar-refractivity contribution is 5.98. The van der Waals surface area contributed by atoms with Gasteiger partial charge in [0.05, 0.1) is 12.3 Å². The minimum absolute atomic E-state index is 0.00256. The van der Waals surface area contributed by atoms with E-state index in [2.05, 4.69) is 10.6 Å². The largest absolute Gasteiger partial charge is 0.482 e. The summed E-state index contributed by atoms with van der Waals surface area (Å²) in [6.07, 6.45) is 0. The maximum atomic E-state index is 11.7. The van der Waals surface area contributed by atoms with Gasteiger partial charge in [-0.15, -0.1) is 0 Å². The summed E-state index contributed by atoms with van der Waals surface area (Å²) in [4.78, 5) is 22.9. The summed E-state index contributed by atoms with van der Waals surface area (Å²) in [5.41, 5.74) is 6.66. The second kappa shape index (κ2) is 5.68. The Labute approximate surface area is 110 Å². The van der Waals surface area contributed by atoms with Gasteiger partial charge in [-0.25, -0.2) is 0 Å². The summed E-state index contributed by atoms with van der Waals surface area (Å²) in [5, 5.41) is 5.30. The molecule has 0 fully saturated rings. The van der Waals surface area contributed by atoms with Gasteiger partial charge < -0.3 is 25.8 Å². The second-order valence-electron chi connectivity index (χ2n) is 4.10. The van der Waals surface area contributed by atoms with Gasteiger partial charge in [0.1, 0.15) is 11.8 Å². The van der Waals surface area contributed by atoms with Crippen LogP contribution < -0.4 is 21.1 Å². The third-order valence-corrected chi connectivity index (χ3v) is 2.56. The van der Waals surface area contributed by atoms with Gasteiger partial charge in [0.15, 0.2) is 6.61 Å². The molecule has 7 nitrogen and oxygen atoms in total. The van der Waals surface area contributed by atoms with Crippen molar-refractivity contribution in [3.05, 3.63) is 18.2 Å². The fourth-order valence-corrected chi connectivity index (χ4v) is 1.65. The number of anilines is 2. The number of amides is 2. The predicted octanol–water partition coefficient (Wildman–Crippen LogP) is -0.0703. The maximum Gasteiger partial charge on any atom is 0.262 e. The van der Waals surface area contributed by atoms with Crippen LogP contribution in [0.5, 0.6) is 5.75 Å². The first-order chi connectivity index (χ1) is 9.10. The summed E-state index contributed by atoms with van der Waals surface area (Å²) in [7, 11) is 1.47. The molecule has 0 radical (unpaired) electrons. The fourth-order valence-electron chi connectivity index (χ4n) is 1.65. The Kier molecular flexibility index (Phi) is 3.98. The van der Waals surface area contributed by atoms with Gasteiger partial charge in [-0.05, 0) is 18.2 Å². The van der Waals surface area contributed by atoms with E-state index in [9.17, 15) is 9.59 Å². The van der Waals surface area contributed by atoms with Crippen LogP contribution in [0.1, 0.15) is 0 Å². The Hall–Kier alpha value is -2.12. The Morgan fingerprint density at radius 1 is 1.63 bits per heavy atom. The molecule has 102 valence electrons. The Morgan fingerprint density at radius 2 is 2.42 bits per heavy atom. The summed E-state index contributed by atoms with van der Waals surface area (Å²) < 4.78 is 10.0. The van der Waals surface area contributed by atoms with E-state index in [1.165, 1.54) is 7.11 Å². The minimum atomic E-state index is -0.744. The van der Waals surface area contributed by atoms with Gasteiger partial charge >= 0.3 is 0 Å². The number of benzene rings is 1. The third-order valence-electron chi connectivity index (χ3n) is 2.56. The molecule has 4 N–H and O–H groups in total. The number of nitrogens with two attached hydrogens (primary N) is 1. The number of carbonyl (C=O) groups is 2. The molecule has 0 spiro atoms. The number of fused-ring (bicyclic) bond motifs is 1. The number of carbonyl (C=O) groups excluding carboxylic acids is 2. The van der Waals surface area contributed by atoms with Crippen LogP contribution >= 0.6 is 0 Å². The summed E-state index contributed by atoms with van der Waals surface area (Å²) >= 11 is 0. The molecule has 1 aromatic carbocycles. The van der Waals surface area contributed by atoms with Crippen molar-refractivity contribution < 1.29 is 19.1 Å². The van der Waals surface area contributed by atoms with E-state index in [1.54, 1.807) is 18.2 Å². The molecule has 2 rings (SSSR count). The van der Waals surface area contributed by atoms with Crippen LogP contribution in [0.25, 0.3) is 0 Å². The first-order valence-corrected chi connectivity index (χ1v) is 5.72. The predicted molar refractivity (Wildman–Crippen MR) is 69.0 cm³/mol. The lowest BCUT2D eigenvalue weighted by molar-refractivity contribution is -0.119. The van der Waals surface area contributed by atoms with Crippen molar-refractivity contribution in [2.45, 2.75) is 6.04 Å². The topological polar surface area (TPSA) is 103 Å². The quantitative estimate of drug-likeness (QED) is 0.707. The van der Waals surface area contributed by atoms with Gasteiger partial charge in [-0.1, -0.05) is 0 Å². The van der Waals surface area contributed by atoms with E-state index < -0.39 is 6.04 Å². The normalized spacial score (nSPS) is 14.9. The number of nitrogens with one attached hydrogen (secondary N) is 2. The van der Waals surface area contributed by atoms with Crippen molar-refractivity contribution in [1.82, 2.24) is 0 Å². The molecule has 0 saturated heterocycles. The highest BCUT2D eigenvalue weighted by Crippen LogP contribution is 2.30. The number of ether oxygens (including phenoxy) is 2. The van der Waals surface area contributed by atoms with Gasteiger partial charge in [-0.3, -0.25) is 9.59 Å². The van der Waals surface area contributed by atoms with Crippen molar-refractivity contribution in [1.29, 1.82) is 0 Å². The Balaban J connectivity index is 2.08. The molecule has 0 aromatic heterocycles. The third kappa shape index (κ3) is 3.21. The zero-order valence-electron chi connectivity index (χ0n) is 10.4. The van der Waals surface area contributed by atoms with E-state index >= 15 is 0 Å². The van der Waals surface area contributed by atoms with Crippen LogP contribution in [-0.4, -0.2) is 38.2 Å². The zero-order chi connectivity index (χ0) is 13.8. The van der Waals surface area contributed by atoms with E-state index in [0.29, 0.717) is 17.1 Å². The molecule has 1 unspecified atom stereocenters. The van der Waals surface area contributed by atoms with Gasteiger partial charge in [0, 0.05) is 12.8 Å². The molecular formula is C12H15N3O4. The van der Waals surface area contributed by atoms with E-state index in [0.717, 1.165) is 0 Å². The highest BCUT2D eigenvalue weighted by atomic mass is 16.5. The van der Waals surface area contributed by atoms with Crippen molar-refractivity contribution in [3.8, 4) is 5.75 Å². The SMILES string of the molecule is COCC(N)C(=O)Nc1ccc2c(c1)NC(=O)CO2. The van der Waals surface area contributed by atoms with Gasteiger partial charge in [-0.2, -0.15) is 0 Å². The van der Waals surface area contributed by atoms with Crippen LogP contribution in [-0.2, 0) is 14.3 Å². The number of methoxy groups -OCH3 is 1. The van der Waals surface area contributed by atoms with Crippen LogP contribution in [0.4, 0.5) is 11.4 Å².